The number of primary amides is 1. The van der Waals surface area contributed by atoms with Gasteiger partial charge in [0.15, 0.2) is 5.75 Å². The fraction of sp³-hybridized carbons (Fsp3) is 0.0357. The number of nitrogens with one attached hydrogen (secondary N) is 1. The molecular formula is C28H20ClFN2O5. The number of benzene rings is 4. The molecule has 0 atom stereocenters. The Labute approximate surface area is 216 Å². The van der Waals surface area contributed by atoms with Crippen molar-refractivity contribution in [2.75, 3.05) is 0 Å². The van der Waals surface area contributed by atoms with Crippen molar-refractivity contribution < 1.29 is 28.6 Å². The number of rotatable bonds is 8. The molecule has 0 saturated heterocycles. The van der Waals surface area contributed by atoms with E-state index >= 15 is 0 Å². The molecule has 4 rings (SSSR count). The molecule has 9 heteroatoms. The van der Waals surface area contributed by atoms with Gasteiger partial charge < -0.3 is 20.9 Å². The van der Waals surface area contributed by atoms with E-state index in [1.165, 1.54) is 36.4 Å². The van der Waals surface area contributed by atoms with Gasteiger partial charge in [-0.3, -0.25) is 9.59 Å². The van der Waals surface area contributed by atoms with Crippen LogP contribution in [0, 0.1) is 5.82 Å². The molecule has 0 saturated carbocycles. The summed E-state index contributed by atoms with van der Waals surface area (Å²) in [5, 5.41) is 11.9. The van der Waals surface area contributed by atoms with Crippen molar-refractivity contribution in [3.63, 3.8) is 0 Å². The standard InChI is InChI=1S/C28H20ClFN2O5/c29-24-14-20(18-2-1-3-19(12-18)26(31)33)13-23(25(24)37-22-10-8-21(30)9-11-22)27(34)32-15-16-4-6-17(7-5-16)28(35)36/h1-14H,15H2,(H2,31,33)(H,32,34)(H,35,36). The highest BCUT2D eigenvalue weighted by molar-refractivity contribution is 6.33. The molecule has 4 aromatic rings. The van der Waals surface area contributed by atoms with Crippen LogP contribution in [0.5, 0.6) is 11.5 Å². The molecule has 0 unspecified atom stereocenters. The predicted octanol–water partition coefficient (Wildman–Crippen LogP) is 5.67. The highest BCUT2D eigenvalue weighted by Crippen LogP contribution is 2.37. The first-order chi connectivity index (χ1) is 17.7. The summed E-state index contributed by atoms with van der Waals surface area (Å²) in [5.41, 5.74) is 7.73. The van der Waals surface area contributed by atoms with Crippen molar-refractivity contribution in [3.8, 4) is 22.6 Å². The minimum absolute atomic E-state index is 0.0572. The monoisotopic (exact) mass is 518 g/mol. The second-order valence-corrected chi connectivity index (χ2v) is 8.43. The van der Waals surface area contributed by atoms with Crippen LogP contribution in [-0.2, 0) is 6.54 Å². The van der Waals surface area contributed by atoms with E-state index in [-0.39, 0.29) is 39.8 Å². The minimum atomic E-state index is -1.05. The van der Waals surface area contributed by atoms with Crippen molar-refractivity contribution in [1.29, 1.82) is 0 Å². The molecule has 2 amide bonds. The SMILES string of the molecule is NC(=O)c1cccc(-c2cc(Cl)c(Oc3ccc(F)cc3)c(C(=O)NCc3ccc(C(=O)O)cc3)c2)c1. The number of nitrogens with two attached hydrogens (primary N) is 1. The minimum Gasteiger partial charge on any atom is -0.478 e. The van der Waals surface area contributed by atoms with Crippen molar-refractivity contribution in [2.45, 2.75) is 6.54 Å². The van der Waals surface area contributed by atoms with Gasteiger partial charge in [0.25, 0.3) is 5.91 Å². The third kappa shape index (κ3) is 6.12. The quantitative estimate of drug-likeness (QED) is 0.278. The van der Waals surface area contributed by atoms with Crippen LogP contribution in [0.4, 0.5) is 4.39 Å². The molecule has 0 heterocycles. The summed E-state index contributed by atoms with van der Waals surface area (Å²) in [6, 6.07) is 21.0. The van der Waals surface area contributed by atoms with Crippen LogP contribution in [0.3, 0.4) is 0 Å². The molecule has 0 fully saturated rings. The van der Waals surface area contributed by atoms with Gasteiger partial charge in [0.05, 0.1) is 16.1 Å². The Morgan fingerprint density at radius 3 is 2.24 bits per heavy atom. The molecule has 4 aromatic carbocycles. The van der Waals surface area contributed by atoms with E-state index in [2.05, 4.69) is 5.32 Å². The van der Waals surface area contributed by atoms with Gasteiger partial charge in [0.2, 0.25) is 5.91 Å². The average molecular weight is 519 g/mol. The first-order valence-corrected chi connectivity index (χ1v) is 11.4. The molecule has 0 aliphatic heterocycles. The molecule has 0 aliphatic rings. The Hall–Kier alpha value is -4.69. The molecule has 0 radical (unpaired) electrons. The summed E-state index contributed by atoms with van der Waals surface area (Å²) in [5.74, 6) is -2.29. The fourth-order valence-corrected chi connectivity index (χ4v) is 3.81. The maximum atomic E-state index is 13.4. The van der Waals surface area contributed by atoms with Gasteiger partial charge in [-0.15, -0.1) is 0 Å². The normalized spacial score (nSPS) is 10.5. The molecular weight excluding hydrogens is 499 g/mol. The number of aromatic carboxylic acids is 1. The molecule has 37 heavy (non-hydrogen) atoms. The number of hydrogen-bond donors (Lipinski definition) is 3. The number of hydrogen-bond acceptors (Lipinski definition) is 4. The van der Waals surface area contributed by atoms with Gasteiger partial charge in [0, 0.05) is 12.1 Å². The third-order valence-electron chi connectivity index (χ3n) is 5.46. The number of ether oxygens (including phenoxy) is 1. The van der Waals surface area contributed by atoms with Crippen molar-refractivity contribution in [3.05, 3.63) is 118 Å². The van der Waals surface area contributed by atoms with Crippen LogP contribution in [-0.4, -0.2) is 22.9 Å². The Balaban J connectivity index is 1.69. The smallest absolute Gasteiger partial charge is 0.335 e. The summed E-state index contributed by atoms with van der Waals surface area (Å²) in [4.78, 5) is 36.0. The Bertz CT molecular complexity index is 1490. The van der Waals surface area contributed by atoms with Gasteiger partial charge in [-0.05, 0) is 77.4 Å². The van der Waals surface area contributed by atoms with Crippen LogP contribution in [0.2, 0.25) is 5.02 Å². The van der Waals surface area contributed by atoms with Crippen LogP contribution < -0.4 is 15.8 Å². The number of halogens is 2. The number of amides is 2. The molecule has 0 bridgehead atoms. The van der Waals surface area contributed by atoms with Gasteiger partial charge in [-0.2, -0.15) is 0 Å². The van der Waals surface area contributed by atoms with E-state index in [1.54, 1.807) is 48.5 Å². The number of carbonyl (C=O) groups is 3. The topological polar surface area (TPSA) is 119 Å². The molecule has 186 valence electrons. The van der Waals surface area contributed by atoms with Gasteiger partial charge in [-0.25, -0.2) is 9.18 Å². The summed E-state index contributed by atoms with van der Waals surface area (Å²) >= 11 is 6.55. The zero-order valence-electron chi connectivity index (χ0n) is 19.2. The summed E-state index contributed by atoms with van der Waals surface area (Å²) in [6.07, 6.45) is 0. The van der Waals surface area contributed by atoms with Gasteiger partial charge >= 0.3 is 5.97 Å². The van der Waals surface area contributed by atoms with Crippen LogP contribution in [0.25, 0.3) is 11.1 Å². The maximum absolute atomic E-state index is 13.4. The fourth-order valence-electron chi connectivity index (χ4n) is 3.55. The van der Waals surface area contributed by atoms with E-state index < -0.39 is 23.6 Å². The van der Waals surface area contributed by atoms with E-state index in [9.17, 15) is 18.8 Å². The lowest BCUT2D eigenvalue weighted by atomic mass is 9.99. The second kappa shape index (κ2) is 10.9. The zero-order valence-corrected chi connectivity index (χ0v) is 20.0. The maximum Gasteiger partial charge on any atom is 0.335 e. The molecule has 4 N–H and O–H groups in total. The first-order valence-electron chi connectivity index (χ1n) is 11.0. The van der Waals surface area contributed by atoms with Crippen molar-refractivity contribution in [2.24, 2.45) is 5.73 Å². The lowest BCUT2D eigenvalue weighted by Gasteiger charge is -2.16. The number of carboxylic acids is 1. The second-order valence-electron chi connectivity index (χ2n) is 8.02. The molecule has 7 nitrogen and oxygen atoms in total. The Morgan fingerprint density at radius 2 is 1.59 bits per heavy atom. The van der Waals surface area contributed by atoms with Crippen LogP contribution >= 0.6 is 11.6 Å². The average Bonchev–Trinajstić information content (AvgIpc) is 2.89. The van der Waals surface area contributed by atoms with E-state index in [0.717, 1.165) is 0 Å². The Kier molecular flexibility index (Phi) is 7.50. The highest BCUT2D eigenvalue weighted by atomic mass is 35.5. The highest BCUT2D eigenvalue weighted by Gasteiger charge is 2.20. The zero-order chi connectivity index (χ0) is 26.5. The number of carbonyl (C=O) groups excluding carboxylic acids is 2. The lowest BCUT2D eigenvalue weighted by Crippen LogP contribution is -2.23. The largest absolute Gasteiger partial charge is 0.478 e. The van der Waals surface area contributed by atoms with E-state index in [4.69, 9.17) is 27.2 Å². The summed E-state index contributed by atoms with van der Waals surface area (Å²) < 4.78 is 19.2. The number of carboxylic acid groups (broad SMARTS) is 1. The Morgan fingerprint density at radius 1 is 0.892 bits per heavy atom. The van der Waals surface area contributed by atoms with Crippen molar-refractivity contribution in [1.82, 2.24) is 5.32 Å². The first kappa shape index (κ1) is 25.4. The van der Waals surface area contributed by atoms with Crippen molar-refractivity contribution >= 4 is 29.4 Å². The molecule has 0 spiro atoms. The summed E-state index contributed by atoms with van der Waals surface area (Å²) in [6.45, 7) is 0.105. The lowest BCUT2D eigenvalue weighted by molar-refractivity contribution is 0.0696. The van der Waals surface area contributed by atoms with E-state index in [0.29, 0.717) is 16.7 Å². The summed E-state index contributed by atoms with van der Waals surface area (Å²) in [7, 11) is 0. The molecule has 0 aromatic heterocycles. The van der Waals surface area contributed by atoms with Crippen LogP contribution in [0.15, 0.2) is 84.9 Å². The van der Waals surface area contributed by atoms with Crippen LogP contribution in [0.1, 0.15) is 36.6 Å². The van der Waals surface area contributed by atoms with E-state index in [1.807, 2.05) is 0 Å². The predicted molar refractivity (Wildman–Crippen MR) is 136 cm³/mol. The van der Waals surface area contributed by atoms with Gasteiger partial charge in [0.1, 0.15) is 11.6 Å². The third-order valence-corrected chi connectivity index (χ3v) is 5.74. The molecule has 0 aliphatic carbocycles. The van der Waals surface area contributed by atoms with Gasteiger partial charge in [-0.1, -0.05) is 35.9 Å².